The molecule has 7 nitrogen and oxygen atoms in total. The van der Waals surface area contributed by atoms with Crippen molar-refractivity contribution in [2.45, 2.75) is 50.7 Å². The predicted octanol–water partition coefficient (Wildman–Crippen LogP) is 4.39. The van der Waals surface area contributed by atoms with E-state index < -0.39 is 38.8 Å². The van der Waals surface area contributed by atoms with E-state index in [-0.39, 0.29) is 17.5 Å². The van der Waals surface area contributed by atoms with Crippen LogP contribution in [0.25, 0.3) is 0 Å². The van der Waals surface area contributed by atoms with Crippen LogP contribution in [-0.4, -0.2) is 24.6 Å². The molecule has 2 amide bonds. The molecule has 1 aromatic carbocycles. The molecule has 0 atom stereocenters. The summed E-state index contributed by atoms with van der Waals surface area (Å²) in [5, 5.41) is 7.40. The predicted molar refractivity (Wildman–Crippen MR) is 101 cm³/mol. The van der Waals surface area contributed by atoms with Gasteiger partial charge in [0.15, 0.2) is 10.7 Å². The number of carbonyl (C=O) groups excluding carboxylic acids is 1. The van der Waals surface area contributed by atoms with Crippen LogP contribution in [0.4, 0.5) is 28.0 Å². The first-order valence-electron chi connectivity index (χ1n) is 8.80. The molecule has 2 N–H and O–H groups in total. The molecule has 0 aliphatic rings. The number of halogens is 4. The molecule has 30 heavy (non-hydrogen) atoms. The lowest BCUT2D eigenvalue weighted by Crippen LogP contribution is -2.35. The number of nitrogens with zero attached hydrogens (tertiary/aromatic N) is 2. The second kappa shape index (κ2) is 8.54. The third kappa shape index (κ3) is 5.43. The Bertz CT molecular complexity index is 1010. The first-order chi connectivity index (χ1) is 13.7. The number of sulfonamides is 1. The van der Waals surface area contributed by atoms with Crippen LogP contribution in [0.15, 0.2) is 29.3 Å². The minimum Gasteiger partial charge on any atom is -0.307 e. The van der Waals surface area contributed by atoms with Crippen LogP contribution < -0.4 is 10.0 Å². The summed E-state index contributed by atoms with van der Waals surface area (Å²) in [6.45, 7) is 7.10. The number of hydrogen-bond donors (Lipinski definition) is 2. The number of alkyl halides is 3. The van der Waals surface area contributed by atoms with E-state index in [0.717, 1.165) is 0 Å². The largest absolute Gasteiger partial charge is 0.435 e. The van der Waals surface area contributed by atoms with E-state index in [1.165, 1.54) is 12.1 Å². The summed E-state index contributed by atoms with van der Waals surface area (Å²) < 4.78 is 77.8. The van der Waals surface area contributed by atoms with Crippen LogP contribution in [0.5, 0.6) is 0 Å². The van der Waals surface area contributed by atoms with Crippen LogP contribution in [0.2, 0.25) is 0 Å². The molecule has 12 heteroatoms. The average molecular weight is 448 g/mol. The number of amides is 2. The van der Waals surface area contributed by atoms with Crippen molar-refractivity contribution >= 4 is 21.7 Å². The quantitative estimate of drug-likeness (QED) is 0.661. The molecule has 0 saturated carbocycles. The van der Waals surface area contributed by atoms with E-state index in [1.54, 1.807) is 32.4 Å². The maximum absolute atomic E-state index is 14.0. The topological polar surface area (TPSA) is 101 Å². The zero-order chi connectivity index (χ0) is 22.9. The lowest BCUT2D eigenvalue weighted by Gasteiger charge is -2.20. The van der Waals surface area contributed by atoms with Crippen molar-refractivity contribution < 1.29 is 30.8 Å². The molecule has 2 rings (SSSR count). The van der Waals surface area contributed by atoms with Crippen LogP contribution >= 0.6 is 0 Å². The minimum absolute atomic E-state index is 0.189. The average Bonchev–Trinajstić information content (AvgIpc) is 2.61. The van der Waals surface area contributed by atoms with Gasteiger partial charge in [-0.3, -0.25) is 0 Å². The van der Waals surface area contributed by atoms with Crippen molar-refractivity contribution in [3.8, 4) is 0 Å². The Balaban J connectivity index is 2.31. The van der Waals surface area contributed by atoms with Crippen molar-refractivity contribution in [3.63, 3.8) is 0 Å². The Hall–Kier alpha value is -2.76. The minimum atomic E-state index is -4.79. The number of urea groups is 1. The highest BCUT2D eigenvalue weighted by molar-refractivity contribution is 7.90. The van der Waals surface area contributed by atoms with Gasteiger partial charge in [-0.05, 0) is 47.2 Å². The summed E-state index contributed by atoms with van der Waals surface area (Å²) in [5.74, 6) is -0.877. The molecule has 1 heterocycles. The highest BCUT2D eigenvalue weighted by Gasteiger charge is 2.34. The number of hydrogen-bond acceptors (Lipinski definition) is 5. The molecule has 0 saturated heterocycles. The van der Waals surface area contributed by atoms with Crippen LogP contribution in [0, 0.1) is 5.82 Å². The fourth-order valence-corrected chi connectivity index (χ4v) is 3.43. The Morgan fingerprint density at radius 1 is 1.00 bits per heavy atom. The standard InChI is InChI=1S/C18H20F4N4O3S/c1-9(2)12-7-11(19)8-13(10(3)4)16(12)23-17(27)26-30(28,29)15-6-5-14(24-25-15)18(20,21)22/h5-10H,1-4H3,(H2,23,26,27). The number of rotatable bonds is 5. The number of carbonyl (C=O) groups is 1. The van der Waals surface area contributed by atoms with E-state index >= 15 is 0 Å². The molecule has 0 bridgehead atoms. The molecule has 0 radical (unpaired) electrons. The van der Waals surface area contributed by atoms with Crippen molar-refractivity contribution in [2.75, 3.05) is 5.32 Å². The maximum Gasteiger partial charge on any atom is 0.435 e. The van der Waals surface area contributed by atoms with Gasteiger partial charge in [-0.2, -0.15) is 21.6 Å². The molecule has 2 aromatic rings. The normalized spacial score (nSPS) is 12.3. The van der Waals surface area contributed by atoms with Gasteiger partial charge in [0.2, 0.25) is 0 Å². The van der Waals surface area contributed by atoms with E-state index in [1.807, 2.05) is 0 Å². The first kappa shape index (κ1) is 23.5. The summed E-state index contributed by atoms with van der Waals surface area (Å²) in [7, 11) is -4.59. The Morgan fingerprint density at radius 3 is 1.93 bits per heavy atom. The van der Waals surface area contributed by atoms with Gasteiger partial charge < -0.3 is 5.32 Å². The second-order valence-electron chi connectivity index (χ2n) is 7.08. The highest BCUT2D eigenvalue weighted by Crippen LogP contribution is 2.33. The van der Waals surface area contributed by atoms with Gasteiger partial charge in [-0.1, -0.05) is 27.7 Å². The molecular formula is C18H20F4N4O3S. The molecule has 1 aromatic heterocycles. The summed E-state index contributed by atoms with van der Waals surface area (Å²) in [5.41, 5.74) is -0.200. The lowest BCUT2D eigenvalue weighted by atomic mass is 9.92. The molecule has 0 aliphatic heterocycles. The third-order valence-electron chi connectivity index (χ3n) is 4.08. The van der Waals surface area contributed by atoms with E-state index in [2.05, 4.69) is 15.5 Å². The Kier molecular flexibility index (Phi) is 6.70. The summed E-state index contributed by atoms with van der Waals surface area (Å²) >= 11 is 0. The molecule has 0 aliphatic carbocycles. The first-order valence-corrected chi connectivity index (χ1v) is 10.3. The van der Waals surface area contributed by atoms with E-state index in [4.69, 9.17) is 0 Å². The summed E-state index contributed by atoms with van der Waals surface area (Å²) in [6.07, 6.45) is -4.79. The highest BCUT2D eigenvalue weighted by atomic mass is 32.2. The van der Waals surface area contributed by atoms with E-state index in [9.17, 15) is 30.8 Å². The SMILES string of the molecule is CC(C)c1cc(F)cc(C(C)C)c1NC(=O)NS(=O)(=O)c1ccc(C(F)(F)F)nn1. The molecule has 164 valence electrons. The number of anilines is 1. The molecule has 0 spiro atoms. The van der Waals surface area contributed by atoms with Crippen LogP contribution in [-0.2, 0) is 16.2 Å². The Morgan fingerprint density at radius 2 is 1.53 bits per heavy atom. The molecular weight excluding hydrogens is 428 g/mol. The fourth-order valence-electron chi connectivity index (χ4n) is 2.63. The van der Waals surface area contributed by atoms with Crippen molar-refractivity contribution in [2.24, 2.45) is 0 Å². The van der Waals surface area contributed by atoms with Gasteiger partial charge in [-0.25, -0.2) is 13.9 Å². The van der Waals surface area contributed by atoms with Gasteiger partial charge in [-0.15, -0.1) is 10.2 Å². The third-order valence-corrected chi connectivity index (χ3v) is 5.30. The van der Waals surface area contributed by atoms with Crippen LogP contribution in [0.1, 0.15) is 56.4 Å². The zero-order valence-electron chi connectivity index (χ0n) is 16.5. The van der Waals surface area contributed by atoms with Gasteiger partial charge in [0.25, 0.3) is 10.0 Å². The van der Waals surface area contributed by atoms with Crippen molar-refractivity contribution in [1.29, 1.82) is 0 Å². The number of nitrogens with one attached hydrogen (secondary N) is 2. The number of aromatic nitrogens is 2. The smallest absolute Gasteiger partial charge is 0.307 e. The van der Waals surface area contributed by atoms with Crippen molar-refractivity contribution in [1.82, 2.24) is 14.9 Å². The van der Waals surface area contributed by atoms with Crippen molar-refractivity contribution in [3.05, 3.63) is 46.9 Å². The Labute approximate surface area is 170 Å². The zero-order valence-corrected chi connectivity index (χ0v) is 17.3. The molecule has 0 fully saturated rings. The molecule has 0 unspecified atom stereocenters. The summed E-state index contributed by atoms with van der Waals surface area (Å²) in [4.78, 5) is 12.3. The van der Waals surface area contributed by atoms with E-state index in [0.29, 0.717) is 23.3 Å². The van der Waals surface area contributed by atoms with Gasteiger partial charge >= 0.3 is 12.2 Å². The number of benzene rings is 1. The van der Waals surface area contributed by atoms with Gasteiger partial charge in [0.05, 0.1) is 0 Å². The second-order valence-corrected chi connectivity index (χ2v) is 8.71. The van der Waals surface area contributed by atoms with Crippen LogP contribution in [0.3, 0.4) is 0 Å². The lowest BCUT2D eigenvalue weighted by molar-refractivity contribution is -0.141. The maximum atomic E-state index is 14.0. The van der Waals surface area contributed by atoms with Gasteiger partial charge in [0, 0.05) is 5.69 Å². The monoisotopic (exact) mass is 448 g/mol. The summed E-state index contributed by atoms with van der Waals surface area (Å²) in [6, 6.07) is 2.33. The van der Waals surface area contributed by atoms with Gasteiger partial charge in [0.1, 0.15) is 5.82 Å². The fraction of sp³-hybridized carbons (Fsp3) is 0.389.